The van der Waals surface area contributed by atoms with Crippen LogP contribution in [0.15, 0.2) is 30.5 Å². The van der Waals surface area contributed by atoms with Crippen molar-refractivity contribution in [1.82, 2.24) is 20.8 Å². The largest absolute Gasteiger partial charge is 0.497 e. The standard InChI is InChI=1S/C33H44N4O6/c1-20(35-31(40)23-10-13-27-25(16-23)18-34-37-27)29(38)17-24(14-22-8-11-26(42-3)12-9-22)32(41)36-28(15-21-6-4-5-7-21)30(39)33(2)19-43-33/h8-9,11-12,18,20-21,23-24,28H,4-7,10,13-17,19H2,1-3H3,(H,34,37)(H,35,40)(H,36,41)/t20-,23-,24-,28+,33-/m1/s1. The quantitative estimate of drug-likeness (QED) is 0.286. The lowest BCUT2D eigenvalue weighted by atomic mass is 9.86. The van der Waals surface area contributed by atoms with E-state index in [4.69, 9.17) is 9.47 Å². The Kier molecular flexibility index (Phi) is 9.64. The molecular formula is C33H44N4O6. The summed E-state index contributed by atoms with van der Waals surface area (Å²) >= 11 is 0. The zero-order valence-electron chi connectivity index (χ0n) is 25.4. The fraction of sp³-hybridized carbons (Fsp3) is 0.606. The summed E-state index contributed by atoms with van der Waals surface area (Å²) in [5.74, 6) is -0.683. The second kappa shape index (κ2) is 13.4. The monoisotopic (exact) mass is 592 g/mol. The number of amides is 2. The van der Waals surface area contributed by atoms with Crippen molar-refractivity contribution in [3.63, 3.8) is 0 Å². The number of carbonyl (C=O) groups excluding carboxylic acids is 4. The molecule has 10 heteroatoms. The van der Waals surface area contributed by atoms with Crippen LogP contribution in [0.2, 0.25) is 0 Å². The second-order valence-corrected chi connectivity index (χ2v) is 12.8. The fourth-order valence-electron chi connectivity index (χ4n) is 6.49. The summed E-state index contributed by atoms with van der Waals surface area (Å²) in [5, 5.41) is 13.0. The first-order valence-corrected chi connectivity index (χ1v) is 15.6. The molecule has 1 aromatic carbocycles. The third-order valence-electron chi connectivity index (χ3n) is 9.46. The van der Waals surface area contributed by atoms with Gasteiger partial charge in [0.15, 0.2) is 11.6 Å². The molecule has 3 aliphatic rings. The molecule has 43 heavy (non-hydrogen) atoms. The van der Waals surface area contributed by atoms with E-state index in [0.717, 1.165) is 48.9 Å². The molecule has 0 spiro atoms. The number of hydrogen-bond donors (Lipinski definition) is 3. The van der Waals surface area contributed by atoms with Crippen LogP contribution in [0, 0.1) is 17.8 Å². The molecule has 3 N–H and O–H groups in total. The predicted octanol–water partition coefficient (Wildman–Crippen LogP) is 3.27. The molecule has 1 aromatic heterocycles. The maximum atomic E-state index is 13.8. The van der Waals surface area contributed by atoms with Crippen LogP contribution in [0.3, 0.4) is 0 Å². The van der Waals surface area contributed by atoms with Crippen molar-refractivity contribution in [3.8, 4) is 5.75 Å². The van der Waals surface area contributed by atoms with Gasteiger partial charge in [0.05, 0.1) is 32.0 Å². The number of ether oxygens (including phenoxy) is 2. The number of methoxy groups -OCH3 is 1. The Balaban J connectivity index is 1.26. The molecule has 10 nitrogen and oxygen atoms in total. The fourth-order valence-corrected chi connectivity index (χ4v) is 6.49. The van der Waals surface area contributed by atoms with Gasteiger partial charge in [-0.3, -0.25) is 24.3 Å². The number of fused-ring (bicyclic) bond motifs is 1. The number of H-pyrrole nitrogens is 1. The van der Waals surface area contributed by atoms with Gasteiger partial charge in [0.25, 0.3) is 0 Å². The van der Waals surface area contributed by atoms with Gasteiger partial charge in [0.2, 0.25) is 11.8 Å². The van der Waals surface area contributed by atoms with Gasteiger partial charge in [-0.1, -0.05) is 37.8 Å². The number of nitrogens with one attached hydrogen (secondary N) is 3. The third-order valence-corrected chi connectivity index (χ3v) is 9.46. The lowest BCUT2D eigenvalue weighted by Crippen LogP contribution is -2.50. The van der Waals surface area contributed by atoms with Crippen LogP contribution < -0.4 is 15.4 Å². The van der Waals surface area contributed by atoms with E-state index in [-0.39, 0.29) is 35.7 Å². The molecule has 2 fully saturated rings. The Morgan fingerprint density at radius 3 is 2.51 bits per heavy atom. The first-order valence-electron chi connectivity index (χ1n) is 15.6. The van der Waals surface area contributed by atoms with E-state index in [1.165, 1.54) is 0 Å². The SMILES string of the molecule is COc1ccc(C[C@H](CC(=O)[C@@H](C)NC(=O)[C@@H]2CCc3[nH]ncc3C2)C(=O)N[C@@H](CC2CCCC2)C(=O)[C@@]2(C)CO2)cc1. The lowest BCUT2D eigenvalue weighted by molar-refractivity contribution is -0.135. The molecular weight excluding hydrogens is 548 g/mol. The van der Waals surface area contributed by atoms with E-state index in [9.17, 15) is 19.2 Å². The molecule has 1 saturated heterocycles. The molecule has 0 radical (unpaired) electrons. The van der Waals surface area contributed by atoms with E-state index in [1.807, 2.05) is 24.3 Å². The second-order valence-electron chi connectivity index (χ2n) is 12.8. The third kappa shape index (κ3) is 7.71. The molecule has 1 saturated carbocycles. The molecule has 2 aliphatic carbocycles. The summed E-state index contributed by atoms with van der Waals surface area (Å²) in [6.45, 7) is 3.80. The predicted molar refractivity (Wildman–Crippen MR) is 159 cm³/mol. The van der Waals surface area contributed by atoms with Crippen LogP contribution in [0.25, 0.3) is 0 Å². The lowest BCUT2D eigenvalue weighted by Gasteiger charge is -2.26. The molecule has 2 heterocycles. The number of hydrogen-bond acceptors (Lipinski definition) is 7. The molecule has 5 atom stereocenters. The van der Waals surface area contributed by atoms with E-state index in [2.05, 4.69) is 20.8 Å². The zero-order valence-corrected chi connectivity index (χ0v) is 25.4. The van der Waals surface area contributed by atoms with Crippen molar-refractivity contribution in [2.75, 3.05) is 13.7 Å². The van der Waals surface area contributed by atoms with Crippen molar-refractivity contribution in [2.24, 2.45) is 17.8 Å². The minimum Gasteiger partial charge on any atom is -0.497 e. The number of epoxide rings is 1. The van der Waals surface area contributed by atoms with Gasteiger partial charge in [-0.15, -0.1) is 0 Å². The Bertz CT molecular complexity index is 1310. The first kappa shape index (κ1) is 30.9. The minimum atomic E-state index is -0.854. The molecule has 1 aliphatic heterocycles. The van der Waals surface area contributed by atoms with Gasteiger partial charge in [-0.2, -0.15) is 5.10 Å². The number of Topliss-reactive ketones (excluding diaryl/α,β-unsaturated/α-hetero) is 2. The van der Waals surface area contributed by atoms with Crippen molar-refractivity contribution < 1.29 is 28.7 Å². The number of carbonyl (C=O) groups is 4. The summed E-state index contributed by atoms with van der Waals surface area (Å²) in [6, 6.07) is 5.99. The van der Waals surface area contributed by atoms with Gasteiger partial charge in [0.1, 0.15) is 11.4 Å². The number of rotatable bonds is 14. The molecule has 5 rings (SSSR count). The minimum absolute atomic E-state index is 0.0615. The number of ketones is 2. The van der Waals surface area contributed by atoms with Crippen LogP contribution in [0.4, 0.5) is 0 Å². The molecule has 0 bridgehead atoms. The van der Waals surface area contributed by atoms with Gasteiger partial charge < -0.3 is 20.1 Å². The summed E-state index contributed by atoms with van der Waals surface area (Å²) < 4.78 is 10.7. The number of aryl methyl sites for hydroxylation is 1. The Morgan fingerprint density at radius 2 is 1.84 bits per heavy atom. The van der Waals surface area contributed by atoms with Crippen LogP contribution >= 0.6 is 0 Å². The highest BCUT2D eigenvalue weighted by Crippen LogP contribution is 2.34. The van der Waals surface area contributed by atoms with Crippen LogP contribution in [-0.4, -0.2) is 65.0 Å². The van der Waals surface area contributed by atoms with Crippen LogP contribution in [0.5, 0.6) is 5.75 Å². The molecule has 0 unspecified atom stereocenters. The van der Waals surface area contributed by atoms with Gasteiger partial charge in [0, 0.05) is 24.0 Å². The summed E-state index contributed by atoms with van der Waals surface area (Å²) in [4.78, 5) is 53.8. The normalized spacial score (nSPS) is 23.5. The van der Waals surface area contributed by atoms with Crippen molar-refractivity contribution >= 4 is 23.4 Å². The topological polar surface area (TPSA) is 143 Å². The summed E-state index contributed by atoms with van der Waals surface area (Å²) in [6.07, 6.45) is 8.96. The Hall–Kier alpha value is -3.53. The van der Waals surface area contributed by atoms with E-state index in [1.54, 1.807) is 27.2 Å². The highest BCUT2D eigenvalue weighted by atomic mass is 16.6. The summed E-state index contributed by atoms with van der Waals surface area (Å²) in [5.41, 5.74) is 2.12. The summed E-state index contributed by atoms with van der Waals surface area (Å²) in [7, 11) is 1.59. The average Bonchev–Trinajstić information content (AvgIpc) is 3.36. The number of nitrogens with zero attached hydrogens (tertiary/aromatic N) is 1. The highest BCUT2D eigenvalue weighted by Gasteiger charge is 2.50. The van der Waals surface area contributed by atoms with Crippen LogP contribution in [0.1, 0.15) is 75.6 Å². The van der Waals surface area contributed by atoms with Crippen molar-refractivity contribution in [2.45, 2.75) is 95.7 Å². The maximum Gasteiger partial charge on any atom is 0.224 e. The Morgan fingerprint density at radius 1 is 1.12 bits per heavy atom. The van der Waals surface area contributed by atoms with Crippen molar-refractivity contribution in [3.05, 3.63) is 47.3 Å². The van der Waals surface area contributed by atoms with Gasteiger partial charge >= 0.3 is 0 Å². The molecule has 2 aromatic rings. The number of benzene rings is 1. The highest BCUT2D eigenvalue weighted by molar-refractivity contribution is 5.98. The van der Waals surface area contributed by atoms with E-state index >= 15 is 0 Å². The smallest absolute Gasteiger partial charge is 0.224 e. The number of aromatic nitrogens is 2. The number of aromatic amines is 1. The van der Waals surface area contributed by atoms with Crippen molar-refractivity contribution in [1.29, 1.82) is 0 Å². The molecule has 2 amide bonds. The van der Waals surface area contributed by atoms with Gasteiger partial charge in [-0.05, 0) is 75.1 Å². The van der Waals surface area contributed by atoms with E-state index < -0.39 is 23.6 Å². The molecule has 232 valence electrons. The van der Waals surface area contributed by atoms with E-state index in [0.29, 0.717) is 44.0 Å². The van der Waals surface area contributed by atoms with Crippen LogP contribution in [-0.2, 0) is 43.2 Å². The maximum absolute atomic E-state index is 13.8. The van der Waals surface area contributed by atoms with Gasteiger partial charge in [-0.25, -0.2) is 0 Å². The first-order chi connectivity index (χ1) is 20.6. The zero-order chi connectivity index (χ0) is 30.6. The average molecular weight is 593 g/mol. The Labute approximate surface area is 253 Å².